The molecule has 1 amide bonds. The number of primary amides is 1. The number of carbonyl (C=O) groups excluding carboxylic acids is 1. The molecule has 1 aromatic heterocycles. The molecule has 0 aliphatic heterocycles. The van der Waals surface area contributed by atoms with Crippen LogP contribution in [0.25, 0.3) is 0 Å². The lowest BCUT2D eigenvalue weighted by Crippen LogP contribution is -2.17. The number of thiophene rings is 1. The molecule has 0 fully saturated rings. The van der Waals surface area contributed by atoms with Crippen molar-refractivity contribution in [3.05, 3.63) is 46.8 Å². The highest BCUT2D eigenvalue weighted by molar-refractivity contribution is 7.93. The Hall–Kier alpha value is -1.86. The van der Waals surface area contributed by atoms with Gasteiger partial charge in [-0.15, -0.1) is 11.3 Å². The van der Waals surface area contributed by atoms with E-state index in [4.69, 9.17) is 5.73 Å². The fourth-order valence-electron chi connectivity index (χ4n) is 1.80. The lowest BCUT2D eigenvalue weighted by molar-refractivity contribution is 0.100. The van der Waals surface area contributed by atoms with E-state index in [0.29, 0.717) is 5.92 Å². The van der Waals surface area contributed by atoms with Gasteiger partial charge < -0.3 is 5.73 Å². The summed E-state index contributed by atoms with van der Waals surface area (Å²) in [5, 5.41) is 1.84. The standard InChI is InChI=1S/C14H16N2O3S2/c1-9(2)10-3-5-11(6-4-10)21(18,19)16-14-12(13(15)17)7-8-20-14/h3-9,16H,1-2H3,(H2,15,17). The van der Waals surface area contributed by atoms with E-state index in [2.05, 4.69) is 4.72 Å². The van der Waals surface area contributed by atoms with E-state index in [0.717, 1.165) is 16.9 Å². The summed E-state index contributed by atoms with van der Waals surface area (Å²) < 4.78 is 27.0. The van der Waals surface area contributed by atoms with E-state index in [1.807, 2.05) is 13.8 Å². The Morgan fingerprint density at radius 1 is 1.19 bits per heavy atom. The molecule has 0 aliphatic carbocycles. The number of hydrogen-bond donors (Lipinski definition) is 2. The van der Waals surface area contributed by atoms with Crippen LogP contribution in [0.4, 0.5) is 5.00 Å². The van der Waals surface area contributed by atoms with Crippen molar-refractivity contribution in [1.29, 1.82) is 0 Å². The van der Waals surface area contributed by atoms with Gasteiger partial charge in [0.15, 0.2) is 0 Å². The largest absolute Gasteiger partial charge is 0.366 e. The second-order valence-corrected chi connectivity index (χ2v) is 7.46. The molecule has 112 valence electrons. The van der Waals surface area contributed by atoms with Crippen molar-refractivity contribution in [2.75, 3.05) is 4.72 Å². The Morgan fingerprint density at radius 3 is 2.33 bits per heavy atom. The zero-order valence-electron chi connectivity index (χ0n) is 11.7. The topological polar surface area (TPSA) is 89.3 Å². The summed E-state index contributed by atoms with van der Waals surface area (Å²) >= 11 is 1.12. The summed E-state index contributed by atoms with van der Waals surface area (Å²) in [6, 6.07) is 8.16. The molecule has 0 radical (unpaired) electrons. The van der Waals surface area contributed by atoms with Crippen LogP contribution in [0, 0.1) is 0 Å². The third-order valence-electron chi connectivity index (χ3n) is 3.01. The zero-order chi connectivity index (χ0) is 15.6. The van der Waals surface area contributed by atoms with Crippen LogP contribution in [0.15, 0.2) is 40.6 Å². The maximum atomic E-state index is 12.3. The monoisotopic (exact) mass is 324 g/mol. The summed E-state index contributed by atoms with van der Waals surface area (Å²) in [6.45, 7) is 4.07. The maximum absolute atomic E-state index is 12.3. The van der Waals surface area contributed by atoms with Crippen LogP contribution in [0.3, 0.4) is 0 Å². The first-order valence-electron chi connectivity index (χ1n) is 6.31. The molecular formula is C14H16N2O3S2. The van der Waals surface area contributed by atoms with E-state index in [9.17, 15) is 13.2 Å². The Balaban J connectivity index is 2.30. The van der Waals surface area contributed by atoms with Crippen LogP contribution in [-0.4, -0.2) is 14.3 Å². The van der Waals surface area contributed by atoms with E-state index < -0.39 is 15.9 Å². The Labute approximate surface area is 127 Å². The number of nitrogens with one attached hydrogen (secondary N) is 1. The second-order valence-electron chi connectivity index (χ2n) is 4.86. The third-order valence-corrected chi connectivity index (χ3v) is 5.34. The van der Waals surface area contributed by atoms with Crippen LogP contribution in [0.5, 0.6) is 0 Å². The first kappa shape index (κ1) is 15.5. The molecule has 0 aliphatic rings. The van der Waals surface area contributed by atoms with E-state index in [-0.39, 0.29) is 15.5 Å². The molecule has 5 nitrogen and oxygen atoms in total. The molecule has 0 spiro atoms. The van der Waals surface area contributed by atoms with Gasteiger partial charge in [0.1, 0.15) is 5.00 Å². The Kier molecular flexibility index (Phi) is 4.34. The normalized spacial score (nSPS) is 11.6. The molecule has 1 aromatic carbocycles. The number of hydrogen-bond acceptors (Lipinski definition) is 4. The summed E-state index contributed by atoms with van der Waals surface area (Å²) in [5.74, 6) is -0.336. The minimum atomic E-state index is -3.73. The number of benzene rings is 1. The molecule has 0 saturated heterocycles. The van der Waals surface area contributed by atoms with Gasteiger partial charge in [-0.1, -0.05) is 26.0 Å². The summed E-state index contributed by atoms with van der Waals surface area (Å²) in [4.78, 5) is 11.4. The van der Waals surface area contributed by atoms with Gasteiger partial charge in [0.2, 0.25) is 0 Å². The minimum Gasteiger partial charge on any atom is -0.366 e. The molecule has 0 saturated carbocycles. The lowest BCUT2D eigenvalue weighted by atomic mass is 10.0. The van der Waals surface area contributed by atoms with Crippen molar-refractivity contribution >= 4 is 32.3 Å². The first-order valence-corrected chi connectivity index (χ1v) is 8.67. The highest BCUT2D eigenvalue weighted by atomic mass is 32.2. The van der Waals surface area contributed by atoms with Crippen LogP contribution in [-0.2, 0) is 10.0 Å². The maximum Gasteiger partial charge on any atom is 0.262 e. The van der Waals surface area contributed by atoms with Gasteiger partial charge >= 0.3 is 0 Å². The van der Waals surface area contributed by atoms with Gasteiger partial charge in [0, 0.05) is 0 Å². The van der Waals surface area contributed by atoms with Gasteiger partial charge in [0.25, 0.3) is 15.9 Å². The molecule has 3 N–H and O–H groups in total. The molecular weight excluding hydrogens is 308 g/mol. The number of carbonyl (C=O) groups is 1. The van der Waals surface area contributed by atoms with Gasteiger partial charge in [-0.05, 0) is 35.1 Å². The van der Waals surface area contributed by atoms with Crippen molar-refractivity contribution < 1.29 is 13.2 Å². The second kappa shape index (κ2) is 5.87. The van der Waals surface area contributed by atoms with Gasteiger partial charge in [-0.2, -0.15) is 0 Å². The molecule has 2 rings (SSSR count). The number of anilines is 1. The highest BCUT2D eigenvalue weighted by Crippen LogP contribution is 2.26. The fourth-order valence-corrected chi connectivity index (χ4v) is 3.92. The van der Waals surface area contributed by atoms with Crippen LogP contribution in [0.2, 0.25) is 0 Å². The van der Waals surface area contributed by atoms with Crippen LogP contribution in [0.1, 0.15) is 35.7 Å². The lowest BCUT2D eigenvalue weighted by Gasteiger charge is -2.09. The summed E-state index contributed by atoms with van der Waals surface area (Å²) in [7, 11) is -3.73. The molecule has 1 heterocycles. The first-order chi connectivity index (χ1) is 9.81. The number of nitrogens with two attached hydrogens (primary N) is 1. The quantitative estimate of drug-likeness (QED) is 0.886. The van der Waals surface area contributed by atoms with Crippen molar-refractivity contribution in [2.45, 2.75) is 24.7 Å². The Morgan fingerprint density at radius 2 is 1.81 bits per heavy atom. The van der Waals surface area contributed by atoms with Gasteiger partial charge in [-0.25, -0.2) is 8.42 Å². The van der Waals surface area contributed by atoms with Crippen molar-refractivity contribution in [3.8, 4) is 0 Å². The molecule has 0 atom stereocenters. The van der Waals surface area contributed by atoms with Gasteiger partial charge in [-0.3, -0.25) is 9.52 Å². The summed E-state index contributed by atoms with van der Waals surface area (Å²) in [5.41, 5.74) is 6.43. The number of amides is 1. The van der Waals surface area contributed by atoms with Gasteiger partial charge in [0.05, 0.1) is 10.5 Å². The van der Waals surface area contributed by atoms with Crippen molar-refractivity contribution in [3.63, 3.8) is 0 Å². The molecule has 2 aromatic rings. The molecule has 7 heteroatoms. The molecule has 0 bridgehead atoms. The van der Waals surface area contributed by atoms with Crippen molar-refractivity contribution in [2.24, 2.45) is 5.73 Å². The number of sulfonamides is 1. The molecule has 21 heavy (non-hydrogen) atoms. The predicted molar refractivity (Wildman–Crippen MR) is 84.2 cm³/mol. The average Bonchev–Trinajstić information content (AvgIpc) is 2.86. The zero-order valence-corrected chi connectivity index (χ0v) is 13.3. The van der Waals surface area contributed by atoms with Crippen LogP contribution >= 0.6 is 11.3 Å². The van der Waals surface area contributed by atoms with Crippen LogP contribution < -0.4 is 10.5 Å². The smallest absolute Gasteiger partial charge is 0.262 e. The number of rotatable bonds is 5. The van der Waals surface area contributed by atoms with E-state index in [1.54, 1.807) is 29.6 Å². The van der Waals surface area contributed by atoms with E-state index >= 15 is 0 Å². The highest BCUT2D eigenvalue weighted by Gasteiger charge is 2.18. The van der Waals surface area contributed by atoms with Crippen molar-refractivity contribution in [1.82, 2.24) is 0 Å². The predicted octanol–water partition coefficient (Wildman–Crippen LogP) is 2.77. The molecule has 0 unspecified atom stereocenters. The minimum absolute atomic E-state index is 0.149. The summed E-state index contributed by atoms with van der Waals surface area (Å²) in [6.07, 6.45) is 0. The average molecular weight is 324 g/mol. The fraction of sp³-hybridized carbons (Fsp3) is 0.214. The SMILES string of the molecule is CC(C)c1ccc(S(=O)(=O)Nc2sccc2C(N)=O)cc1. The van der Waals surface area contributed by atoms with E-state index in [1.165, 1.54) is 6.07 Å². The Bertz CT molecular complexity index is 747. The third kappa shape index (κ3) is 3.43.